The van der Waals surface area contributed by atoms with Gasteiger partial charge in [-0.3, -0.25) is 0 Å². The van der Waals surface area contributed by atoms with E-state index >= 15 is 0 Å². The summed E-state index contributed by atoms with van der Waals surface area (Å²) in [5, 5.41) is 9.65. The predicted octanol–water partition coefficient (Wildman–Crippen LogP) is 15.5. The molecule has 55 heavy (non-hydrogen) atoms. The number of hydrogen-bond donors (Lipinski definition) is 0. The summed E-state index contributed by atoms with van der Waals surface area (Å²) in [6.45, 7) is 2.23. The molecule has 0 radical (unpaired) electrons. The summed E-state index contributed by atoms with van der Waals surface area (Å²) in [4.78, 5) is 4.79. The van der Waals surface area contributed by atoms with E-state index in [2.05, 4.69) is 193 Å². The lowest BCUT2D eigenvalue weighted by atomic mass is 10.0. The highest BCUT2D eigenvalue weighted by atomic mass is 32.1. The number of aryl methyl sites for hydroxylation is 1. The molecule has 0 atom stereocenters. The van der Waals surface area contributed by atoms with Gasteiger partial charge in [-0.2, -0.15) is 0 Å². The number of thiophene rings is 1. The second-order valence-corrected chi connectivity index (χ2v) is 15.3. The topological polar surface area (TPSA) is 19.6 Å². The molecule has 0 amide bonds. The van der Waals surface area contributed by atoms with Gasteiger partial charge in [0.25, 0.3) is 0 Å². The number of rotatable bonds is 6. The van der Waals surface area contributed by atoms with Crippen molar-refractivity contribution in [3.8, 4) is 0 Å². The average Bonchev–Trinajstić information content (AvgIpc) is 3.80. The Kier molecular flexibility index (Phi) is 7.26. The number of anilines is 6. The summed E-state index contributed by atoms with van der Waals surface area (Å²) >= 11 is 1.85. The highest BCUT2D eigenvalue weighted by Crippen LogP contribution is 2.45. The second-order valence-electron chi connectivity index (χ2n) is 14.3. The molecule has 0 aliphatic carbocycles. The molecule has 0 N–H and O–H groups in total. The van der Waals surface area contributed by atoms with Crippen molar-refractivity contribution < 1.29 is 4.42 Å². The quantitative estimate of drug-likeness (QED) is 0.170. The van der Waals surface area contributed by atoms with Crippen LogP contribution < -0.4 is 9.80 Å². The van der Waals surface area contributed by atoms with Crippen LogP contribution in [0.3, 0.4) is 0 Å². The molecular formula is C51H34N2OS. The Bertz CT molecular complexity index is 3260. The maximum Gasteiger partial charge on any atom is 0.135 e. The maximum absolute atomic E-state index is 6.25. The highest BCUT2D eigenvalue weighted by Gasteiger charge is 2.21. The molecule has 3 nitrogen and oxygen atoms in total. The van der Waals surface area contributed by atoms with Gasteiger partial charge in [0.1, 0.15) is 11.2 Å². The van der Waals surface area contributed by atoms with E-state index in [9.17, 15) is 0 Å². The Morgan fingerprint density at radius 3 is 1.64 bits per heavy atom. The molecule has 9 aromatic carbocycles. The van der Waals surface area contributed by atoms with Crippen molar-refractivity contribution >= 4 is 109 Å². The summed E-state index contributed by atoms with van der Waals surface area (Å²) in [6.07, 6.45) is 0. The lowest BCUT2D eigenvalue weighted by Gasteiger charge is -2.30. The third kappa shape index (κ3) is 5.33. The summed E-state index contributed by atoms with van der Waals surface area (Å²) in [7, 11) is 0. The molecule has 2 heterocycles. The molecule has 11 rings (SSSR count). The van der Waals surface area contributed by atoms with Crippen LogP contribution in [-0.4, -0.2) is 0 Å². The first-order valence-electron chi connectivity index (χ1n) is 18.7. The first-order chi connectivity index (χ1) is 27.1. The van der Waals surface area contributed by atoms with Gasteiger partial charge in [-0.25, -0.2) is 0 Å². The molecule has 0 aliphatic rings. The fourth-order valence-corrected chi connectivity index (χ4v) is 9.33. The Balaban J connectivity index is 1.10. The van der Waals surface area contributed by atoms with E-state index in [1.165, 1.54) is 47.3 Å². The third-order valence-electron chi connectivity index (χ3n) is 10.9. The molecule has 260 valence electrons. The van der Waals surface area contributed by atoms with Crippen molar-refractivity contribution in [1.82, 2.24) is 0 Å². The standard InChI is InChI=1S/C51H34N2OS/c1-33-28-38(52(39-20-18-34-10-2-4-12-36(34)29-39)41-23-26-49-45(31-41)43-14-6-8-16-48(43)54-49)22-25-47(33)53(40-21-19-35-11-3-5-13-37(35)30-40)42-24-27-51-46(32-42)44-15-7-9-17-50(44)55-51/h2-32H,1H3. The van der Waals surface area contributed by atoms with Gasteiger partial charge in [0.2, 0.25) is 0 Å². The molecule has 0 spiro atoms. The van der Waals surface area contributed by atoms with Gasteiger partial charge in [-0.1, -0.05) is 97.1 Å². The van der Waals surface area contributed by atoms with Crippen LogP contribution in [0.25, 0.3) is 63.7 Å². The van der Waals surface area contributed by atoms with Crippen molar-refractivity contribution in [2.24, 2.45) is 0 Å². The molecule has 0 unspecified atom stereocenters. The summed E-state index contributed by atoms with van der Waals surface area (Å²) in [5.74, 6) is 0. The van der Waals surface area contributed by atoms with Gasteiger partial charge in [0, 0.05) is 65.1 Å². The van der Waals surface area contributed by atoms with Crippen LogP contribution in [0, 0.1) is 6.92 Å². The zero-order valence-electron chi connectivity index (χ0n) is 30.1. The molecule has 0 saturated heterocycles. The molecule has 2 aromatic heterocycles. The second kappa shape index (κ2) is 12.6. The van der Waals surface area contributed by atoms with Crippen LogP contribution in [0.1, 0.15) is 5.56 Å². The summed E-state index contributed by atoms with van der Waals surface area (Å²) in [6, 6.07) is 68.0. The zero-order chi connectivity index (χ0) is 36.5. The van der Waals surface area contributed by atoms with E-state index in [0.717, 1.165) is 56.1 Å². The Hall–Kier alpha value is -6.88. The van der Waals surface area contributed by atoms with Crippen molar-refractivity contribution in [1.29, 1.82) is 0 Å². The van der Waals surface area contributed by atoms with Gasteiger partial charge in [-0.15, -0.1) is 11.3 Å². The number of nitrogens with zero attached hydrogens (tertiary/aromatic N) is 2. The summed E-state index contributed by atoms with van der Waals surface area (Å²) in [5.41, 5.74) is 9.59. The van der Waals surface area contributed by atoms with Crippen LogP contribution in [-0.2, 0) is 0 Å². The normalized spacial score (nSPS) is 11.7. The number of benzene rings is 9. The van der Waals surface area contributed by atoms with Gasteiger partial charge < -0.3 is 14.2 Å². The fourth-order valence-electron chi connectivity index (χ4n) is 8.24. The SMILES string of the molecule is Cc1cc(N(c2ccc3ccccc3c2)c2ccc3oc4ccccc4c3c2)ccc1N(c1ccc2ccccc2c1)c1ccc2sc3ccccc3c2c1. The molecule has 0 saturated carbocycles. The van der Waals surface area contributed by atoms with Gasteiger partial charge in [0.05, 0.1) is 0 Å². The molecular weight excluding hydrogens is 689 g/mol. The van der Waals surface area contributed by atoms with Crippen molar-refractivity contribution in [3.63, 3.8) is 0 Å². The lowest BCUT2D eigenvalue weighted by Crippen LogP contribution is -2.13. The summed E-state index contributed by atoms with van der Waals surface area (Å²) < 4.78 is 8.85. The molecule has 0 aliphatic heterocycles. The van der Waals surface area contributed by atoms with Crippen LogP contribution in [0.4, 0.5) is 34.1 Å². The Morgan fingerprint density at radius 2 is 0.873 bits per heavy atom. The van der Waals surface area contributed by atoms with Crippen molar-refractivity contribution in [3.05, 3.63) is 194 Å². The van der Waals surface area contributed by atoms with Gasteiger partial charge in [0.15, 0.2) is 0 Å². The molecule has 0 bridgehead atoms. The van der Waals surface area contributed by atoms with E-state index in [0.29, 0.717) is 0 Å². The lowest BCUT2D eigenvalue weighted by molar-refractivity contribution is 0.669. The van der Waals surface area contributed by atoms with E-state index in [1.54, 1.807) is 0 Å². The van der Waals surface area contributed by atoms with Crippen LogP contribution in [0.15, 0.2) is 192 Å². The number of para-hydroxylation sites is 1. The minimum Gasteiger partial charge on any atom is -0.456 e. The largest absolute Gasteiger partial charge is 0.456 e. The minimum absolute atomic E-state index is 0.885. The fraction of sp³-hybridized carbons (Fsp3) is 0.0196. The maximum atomic E-state index is 6.25. The number of hydrogen-bond acceptors (Lipinski definition) is 4. The first-order valence-corrected chi connectivity index (χ1v) is 19.5. The molecule has 4 heteroatoms. The minimum atomic E-state index is 0.885. The van der Waals surface area contributed by atoms with Crippen LogP contribution in [0.5, 0.6) is 0 Å². The smallest absolute Gasteiger partial charge is 0.135 e. The third-order valence-corrected chi connectivity index (χ3v) is 12.1. The zero-order valence-corrected chi connectivity index (χ0v) is 30.9. The van der Waals surface area contributed by atoms with Crippen molar-refractivity contribution in [2.75, 3.05) is 9.80 Å². The number of furan rings is 1. The number of fused-ring (bicyclic) bond motifs is 8. The van der Waals surface area contributed by atoms with E-state index in [-0.39, 0.29) is 0 Å². The van der Waals surface area contributed by atoms with Crippen molar-refractivity contribution in [2.45, 2.75) is 6.92 Å². The molecule has 0 fully saturated rings. The van der Waals surface area contributed by atoms with Gasteiger partial charge in [-0.05, 0) is 125 Å². The highest BCUT2D eigenvalue weighted by molar-refractivity contribution is 7.25. The van der Waals surface area contributed by atoms with E-state index in [4.69, 9.17) is 4.42 Å². The molecule has 11 aromatic rings. The monoisotopic (exact) mass is 722 g/mol. The van der Waals surface area contributed by atoms with E-state index < -0.39 is 0 Å². The van der Waals surface area contributed by atoms with E-state index in [1.807, 2.05) is 23.5 Å². The Morgan fingerprint density at radius 1 is 0.364 bits per heavy atom. The first kappa shape index (κ1) is 31.6. The van der Waals surface area contributed by atoms with Crippen LogP contribution >= 0.6 is 11.3 Å². The predicted molar refractivity (Wildman–Crippen MR) is 236 cm³/mol. The van der Waals surface area contributed by atoms with Crippen LogP contribution in [0.2, 0.25) is 0 Å². The van der Waals surface area contributed by atoms with Gasteiger partial charge >= 0.3 is 0 Å². The average molecular weight is 723 g/mol. The Labute approximate surface area is 322 Å².